The van der Waals surface area contributed by atoms with Crippen molar-refractivity contribution in [1.29, 1.82) is 0 Å². The second-order valence-corrected chi connectivity index (χ2v) is 10.2. The van der Waals surface area contributed by atoms with Crippen molar-refractivity contribution in [3.05, 3.63) is 82.3 Å². The zero-order valence-electron chi connectivity index (χ0n) is 21.7. The van der Waals surface area contributed by atoms with Crippen LogP contribution in [-0.2, 0) is 17.5 Å². The van der Waals surface area contributed by atoms with Crippen LogP contribution in [0.25, 0.3) is 0 Å². The predicted molar refractivity (Wildman–Crippen MR) is 139 cm³/mol. The first-order valence-electron chi connectivity index (χ1n) is 12.7. The lowest BCUT2D eigenvalue weighted by molar-refractivity contribution is 0.0889. The molecular weight excluding hydrogens is 439 g/mol. The lowest BCUT2D eigenvalue weighted by atomic mass is 9.83. The standard InChI is InChI=1S/C29H37FN4O/c1-7-20-14-16-21(17-15-20)29(8-2,9-3)32-27(35)25-19(4)33-34-26(25)31-24(18-28(34,5)6)22-12-10-11-13-23(22)30/h10-17,24,31H,7-9,18H2,1-6H3,(H,32,35)/t24-/m1/s1. The van der Waals surface area contributed by atoms with Gasteiger partial charge in [0, 0.05) is 5.56 Å². The number of hydrogen-bond acceptors (Lipinski definition) is 3. The lowest BCUT2D eigenvalue weighted by Crippen LogP contribution is -2.45. The minimum absolute atomic E-state index is 0.162. The van der Waals surface area contributed by atoms with Gasteiger partial charge in [0.2, 0.25) is 0 Å². The maximum atomic E-state index is 14.7. The highest BCUT2D eigenvalue weighted by Gasteiger charge is 2.40. The number of amides is 1. The van der Waals surface area contributed by atoms with Crippen molar-refractivity contribution in [2.75, 3.05) is 5.32 Å². The number of halogens is 1. The van der Waals surface area contributed by atoms with E-state index < -0.39 is 5.54 Å². The van der Waals surface area contributed by atoms with Gasteiger partial charge in [-0.3, -0.25) is 4.79 Å². The van der Waals surface area contributed by atoms with Crippen molar-refractivity contribution in [2.24, 2.45) is 0 Å². The molecule has 186 valence electrons. The number of fused-ring (bicyclic) bond motifs is 1. The van der Waals surface area contributed by atoms with Crippen LogP contribution in [0.2, 0.25) is 0 Å². The summed E-state index contributed by atoms with van der Waals surface area (Å²) < 4.78 is 16.6. The van der Waals surface area contributed by atoms with Crippen LogP contribution in [0.15, 0.2) is 48.5 Å². The summed E-state index contributed by atoms with van der Waals surface area (Å²) in [7, 11) is 0. The number of aromatic nitrogens is 2. The Morgan fingerprint density at radius 1 is 1.14 bits per heavy atom. The maximum absolute atomic E-state index is 14.7. The van der Waals surface area contributed by atoms with Gasteiger partial charge in [0.15, 0.2) is 0 Å². The highest BCUT2D eigenvalue weighted by molar-refractivity contribution is 6.00. The second kappa shape index (κ2) is 9.48. The van der Waals surface area contributed by atoms with Gasteiger partial charge in [-0.1, -0.05) is 63.2 Å². The summed E-state index contributed by atoms with van der Waals surface area (Å²) in [4.78, 5) is 13.9. The average molecular weight is 477 g/mol. The minimum Gasteiger partial charge on any atom is -0.363 e. The van der Waals surface area contributed by atoms with Crippen molar-refractivity contribution in [3.63, 3.8) is 0 Å². The van der Waals surface area contributed by atoms with Crippen molar-refractivity contribution in [2.45, 2.75) is 84.3 Å². The number of anilines is 1. The molecule has 0 bridgehead atoms. The first-order chi connectivity index (χ1) is 16.7. The maximum Gasteiger partial charge on any atom is 0.257 e. The number of nitrogens with one attached hydrogen (secondary N) is 2. The highest BCUT2D eigenvalue weighted by Crippen LogP contribution is 2.42. The minimum atomic E-state index is -0.486. The quantitative estimate of drug-likeness (QED) is 0.402. The fraction of sp³-hybridized carbons (Fsp3) is 0.448. The van der Waals surface area contributed by atoms with E-state index in [1.54, 1.807) is 12.1 Å². The third-order valence-electron chi connectivity index (χ3n) is 7.63. The molecular formula is C29H37FN4O. The molecule has 1 aliphatic rings. The summed E-state index contributed by atoms with van der Waals surface area (Å²) in [5.74, 6) is 0.236. The zero-order valence-corrected chi connectivity index (χ0v) is 21.7. The van der Waals surface area contributed by atoms with Crippen molar-refractivity contribution >= 4 is 11.7 Å². The fourth-order valence-corrected chi connectivity index (χ4v) is 5.36. The van der Waals surface area contributed by atoms with Crippen LogP contribution in [0.5, 0.6) is 0 Å². The largest absolute Gasteiger partial charge is 0.363 e. The van der Waals surface area contributed by atoms with Gasteiger partial charge < -0.3 is 10.6 Å². The molecule has 6 heteroatoms. The van der Waals surface area contributed by atoms with E-state index in [9.17, 15) is 9.18 Å². The predicted octanol–water partition coefficient (Wildman–Crippen LogP) is 6.63. The van der Waals surface area contributed by atoms with Gasteiger partial charge in [0.1, 0.15) is 17.2 Å². The number of rotatable bonds is 7. The first kappa shape index (κ1) is 25.0. The van der Waals surface area contributed by atoms with Crippen LogP contribution < -0.4 is 10.6 Å². The van der Waals surface area contributed by atoms with E-state index in [-0.39, 0.29) is 23.3 Å². The van der Waals surface area contributed by atoms with Gasteiger partial charge in [-0.2, -0.15) is 5.10 Å². The molecule has 0 saturated carbocycles. The van der Waals surface area contributed by atoms with Gasteiger partial charge in [-0.25, -0.2) is 9.07 Å². The monoisotopic (exact) mass is 476 g/mol. The van der Waals surface area contributed by atoms with E-state index in [1.807, 2.05) is 17.7 Å². The molecule has 1 aliphatic heterocycles. The number of aryl methyl sites for hydroxylation is 2. The summed E-state index contributed by atoms with van der Waals surface area (Å²) >= 11 is 0. The smallest absolute Gasteiger partial charge is 0.257 e. The van der Waals surface area contributed by atoms with E-state index in [0.717, 1.165) is 24.8 Å². The van der Waals surface area contributed by atoms with Crippen molar-refractivity contribution in [1.82, 2.24) is 15.1 Å². The molecule has 0 aliphatic carbocycles. The van der Waals surface area contributed by atoms with Crippen molar-refractivity contribution < 1.29 is 9.18 Å². The molecule has 2 heterocycles. The zero-order chi connectivity index (χ0) is 25.4. The summed E-state index contributed by atoms with van der Waals surface area (Å²) in [5.41, 5.74) is 3.28. The number of nitrogens with zero attached hydrogens (tertiary/aromatic N) is 2. The molecule has 5 nitrogen and oxygen atoms in total. The van der Waals surface area contributed by atoms with Gasteiger partial charge in [0.25, 0.3) is 5.91 Å². The molecule has 0 saturated heterocycles. The Labute approximate surface area is 208 Å². The van der Waals surface area contributed by atoms with Gasteiger partial charge in [-0.15, -0.1) is 0 Å². The summed E-state index contributed by atoms with van der Waals surface area (Å²) in [6.45, 7) is 12.4. The van der Waals surface area contributed by atoms with Crippen LogP contribution in [-0.4, -0.2) is 15.7 Å². The third kappa shape index (κ3) is 4.46. The summed E-state index contributed by atoms with van der Waals surface area (Å²) in [6, 6.07) is 15.1. The number of hydrogen-bond donors (Lipinski definition) is 2. The molecule has 2 aromatic carbocycles. The van der Waals surface area contributed by atoms with Gasteiger partial charge in [-0.05, 0) is 63.6 Å². The highest BCUT2D eigenvalue weighted by atomic mass is 19.1. The number of carbonyl (C=O) groups is 1. The molecule has 2 N–H and O–H groups in total. The molecule has 0 spiro atoms. The van der Waals surface area contributed by atoms with Crippen LogP contribution >= 0.6 is 0 Å². The SMILES string of the molecule is CCc1ccc(C(CC)(CC)NC(=O)c2c(C)nn3c2N[C@@H](c2ccccc2F)CC3(C)C)cc1. The average Bonchev–Trinajstić information content (AvgIpc) is 3.19. The Bertz CT molecular complexity index is 1210. The Morgan fingerprint density at radius 3 is 2.40 bits per heavy atom. The Morgan fingerprint density at radius 2 is 1.80 bits per heavy atom. The Balaban J connectivity index is 1.72. The van der Waals surface area contributed by atoms with E-state index in [2.05, 4.69) is 69.5 Å². The molecule has 1 atom stereocenters. The Hall–Kier alpha value is -3.15. The molecule has 1 amide bonds. The topological polar surface area (TPSA) is 59.0 Å². The summed E-state index contributed by atoms with van der Waals surface area (Å²) in [6.07, 6.45) is 3.16. The lowest BCUT2D eigenvalue weighted by Gasteiger charge is -2.39. The van der Waals surface area contributed by atoms with Crippen LogP contribution in [0, 0.1) is 12.7 Å². The molecule has 4 rings (SSSR count). The van der Waals surface area contributed by atoms with E-state index >= 15 is 0 Å². The molecule has 0 radical (unpaired) electrons. The van der Waals surface area contributed by atoms with Crippen molar-refractivity contribution in [3.8, 4) is 0 Å². The normalized spacial score (nSPS) is 16.9. The first-order valence-corrected chi connectivity index (χ1v) is 12.7. The van der Waals surface area contributed by atoms with Crippen LogP contribution in [0.1, 0.15) is 92.7 Å². The molecule has 0 unspecified atom stereocenters. The van der Waals surface area contributed by atoms with E-state index in [0.29, 0.717) is 29.1 Å². The fourth-order valence-electron chi connectivity index (χ4n) is 5.36. The van der Waals surface area contributed by atoms with E-state index in [4.69, 9.17) is 5.10 Å². The van der Waals surface area contributed by atoms with Crippen LogP contribution in [0.4, 0.5) is 10.2 Å². The van der Waals surface area contributed by atoms with Gasteiger partial charge in [0.05, 0.1) is 22.8 Å². The number of benzene rings is 2. The van der Waals surface area contributed by atoms with Crippen LogP contribution in [0.3, 0.4) is 0 Å². The second-order valence-electron chi connectivity index (χ2n) is 10.2. The van der Waals surface area contributed by atoms with Gasteiger partial charge >= 0.3 is 0 Å². The molecule has 35 heavy (non-hydrogen) atoms. The molecule has 1 aromatic heterocycles. The van der Waals surface area contributed by atoms with E-state index in [1.165, 1.54) is 11.6 Å². The molecule has 0 fully saturated rings. The molecule has 3 aromatic rings. The Kier molecular flexibility index (Phi) is 6.76. The third-order valence-corrected chi connectivity index (χ3v) is 7.63. The number of carbonyl (C=O) groups excluding carboxylic acids is 1. The summed E-state index contributed by atoms with van der Waals surface area (Å²) in [5, 5.41) is 11.6.